The second-order valence-electron chi connectivity index (χ2n) is 17.0. The summed E-state index contributed by atoms with van der Waals surface area (Å²) in [5.74, 6) is -0.877. The van der Waals surface area contributed by atoms with Gasteiger partial charge >= 0.3 is 19.2 Å². The molecule has 1 unspecified atom stereocenters. The van der Waals surface area contributed by atoms with E-state index in [1.807, 2.05) is 0 Å². The predicted octanol–water partition coefficient (Wildman–Crippen LogP) is -6.21. The topological polar surface area (TPSA) is 432 Å². The summed E-state index contributed by atoms with van der Waals surface area (Å²) < 4.78 is 49.1. The average Bonchev–Trinajstić information content (AvgIpc) is 3.88. The molecule has 0 aromatic carbocycles. The molecule has 0 spiro atoms. The Balaban J connectivity index is 0.00000114. The van der Waals surface area contributed by atoms with Crippen LogP contribution in [-0.4, -0.2) is 186 Å². The van der Waals surface area contributed by atoms with Crippen molar-refractivity contribution in [1.82, 2.24) is 34.6 Å². The van der Waals surface area contributed by atoms with E-state index in [2.05, 4.69) is 46.3 Å². The summed E-state index contributed by atoms with van der Waals surface area (Å²) in [5.41, 5.74) is 21.4. The quantitative estimate of drug-likeness (QED) is 0.0488. The Morgan fingerprint density at radius 2 is 1.54 bits per heavy atom. The number of rotatable bonds is 18. The maximum atomic E-state index is 13.6. The molecule has 0 radical (unpaired) electrons. The van der Waals surface area contributed by atoms with Gasteiger partial charge in [0.15, 0.2) is 12.4 Å². The molecule has 2 aromatic heterocycles. The number of ether oxygens (including phenoxy) is 4. The lowest BCUT2D eigenvalue weighted by Crippen LogP contribution is -2.70. The Morgan fingerprint density at radius 1 is 0.882 bits per heavy atom. The number of aliphatic hydroxyl groups excluding tert-OH is 4. The number of phosphoric acid groups is 1. The van der Waals surface area contributed by atoms with Crippen LogP contribution >= 0.6 is 7.82 Å². The van der Waals surface area contributed by atoms with Crippen LogP contribution in [0.2, 0.25) is 0 Å². The number of hydrogen-bond donors (Lipinski definition) is 13. The van der Waals surface area contributed by atoms with E-state index in [9.17, 15) is 53.9 Å². The third kappa shape index (κ3) is 13.6. The van der Waals surface area contributed by atoms with Crippen LogP contribution in [-0.2, 0) is 37.4 Å². The molecule has 17 atom stereocenters. The van der Waals surface area contributed by atoms with E-state index in [0.29, 0.717) is 0 Å². The van der Waals surface area contributed by atoms with Gasteiger partial charge in [0, 0.05) is 68.6 Å². The van der Waals surface area contributed by atoms with Crippen LogP contribution in [0.25, 0.3) is 0 Å². The smallest absolute Gasteiger partial charge is 0.390 e. The van der Waals surface area contributed by atoms with E-state index in [0.717, 1.165) is 21.4 Å². The zero-order valence-electron chi connectivity index (χ0n) is 38.3. The molecular formula is C39H68N11O17P. The van der Waals surface area contributed by atoms with E-state index in [4.69, 9.17) is 50.9 Å². The summed E-state index contributed by atoms with van der Waals surface area (Å²) in [4.78, 5) is 79.4. The van der Waals surface area contributed by atoms with E-state index < -0.39 is 141 Å². The first-order chi connectivity index (χ1) is 32.1. The highest BCUT2D eigenvalue weighted by atomic mass is 31.2. The largest absolute Gasteiger partial charge is 0.472 e. The summed E-state index contributed by atoms with van der Waals surface area (Å²) in [6.45, 7) is 10.5. The molecule has 2 aromatic rings. The van der Waals surface area contributed by atoms with Crippen LogP contribution in [0.15, 0.2) is 37.6 Å². The van der Waals surface area contributed by atoms with Gasteiger partial charge in [0.25, 0.3) is 17.0 Å². The van der Waals surface area contributed by atoms with Crippen molar-refractivity contribution in [2.24, 2.45) is 22.9 Å². The highest BCUT2D eigenvalue weighted by Crippen LogP contribution is 2.49. The highest BCUT2D eigenvalue weighted by Gasteiger charge is 2.49. The Labute approximate surface area is 389 Å². The van der Waals surface area contributed by atoms with E-state index in [-0.39, 0.29) is 44.5 Å². The summed E-state index contributed by atoms with van der Waals surface area (Å²) in [7, 11) is -5.11. The molecular weight excluding hydrogens is 925 g/mol. The van der Waals surface area contributed by atoms with Crippen molar-refractivity contribution in [2.45, 2.75) is 145 Å². The number of nitrogens with one attached hydrogen (secondary N) is 4. The van der Waals surface area contributed by atoms with Crippen molar-refractivity contribution >= 4 is 13.7 Å². The first-order valence-electron chi connectivity index (χ1n) is 22.5. The third-order valence-electron chi connectivity index (χ3n) is 12.4. The number of carbonyl (C=O) groups is 1. The second kappa shape index (κ2) is 24.5. The Kier molecular flexibility index (Phi) is 19.9. The lowest BCUT2D eigenvalue weighted by molar-refractivity contribution is -0.279. The molecule has 5 heterocycles. The van der Waals surface area contributed by atoms with Crippen LogP contribution in [0.4, 0.5) is 0 Å². The van der Waals surface area contributed by atoms with Gasteiger partial charge in [-0.3, -0.25) is 42.5 Å². The molecule has 68 heavy (non-hydrogen) atoms. The first kappa shape index (κ1) is 55.3. The molecule has 3 aliphatic heterocycles. The van der Waals surface area contributed by atoms with Gasteiger partial charge in [0.1, 0.15) is 43.0 Å². The summed E-state index contributed by atoms with van der Waals surface area (Å²) in [6, 6.07) is -2.73. The monoisotopic (exact) mass is 993 g/mol. The standard InChI is InChI=1S/C33H53N10O17P.C6H15N/c1-12-10-43(33(52)41-29(12)49)20-7-15(44)18(56-20)11-55-61(53,54)60-16-8-21(42-5-2-19(45)40-32(42)51)58-28(16)30(50)39-4-3-38-23-24(46)13(35)6-14(36)27(23)59-31-22(37)26(48)25(47)17(9-34)57-31;1-4-7(5-2)6-3/h2,5,10,13-18,20-28,31,38,44,46-48H,3-4,6-9,11,34-37H2,1H3,(H,39,50)(H,53,54)(H,40,45,51)(H,41,49,52);4-6H2,1-3H3/t13-,14+,15+,16+,17-,18-,20-,21-,22-,23+,24+,25-,26-,27-,28+,31-;/m1./s1. The minimum atomic E-state index is -5.11. The molecule has 4 fully saturated rings. The van der Waals surface area contributed by atoms with E-state index >= 15 is 0 Å². The fraction of sp³-hybridized carbons (Fsp3) is 0.769. The fourth-order valence-corrected chi connectivity index (χ4v) is 9.29. The van der Waals surface area contributed by atoms with Crippen LogP contribution in [0, 0.1) is 6.92 Å². The Morgan fingerprint density at radius 3 is 2.18 bits per heavy atom. The third-order valence-corrected chi connectivity index (χ3v) is 13.4. The molecule has 29 heteroatoms. The van der Waals surface area contributed by atoms with Gasteiger partial charge in [-0.25, -0.2) is 14.2 Å². The van der Waals surface area contributed by atoms with Gasteiger partial charge < -0.3 is 82.7 Å². The Bertz CT molecular complexity index is 2240. The number of aliphatic hydroxyl groups is 4. The first-order valence-corrected chi connectivity index (χ1v) is 24.0. The van der Waals surface area contributed by atoms with E-state index in [1.165, 1.54) is 32.8 Å². The van der Waals surface area contributed by atoms with Crippen molar-refractivity contribution in [3.8, 4) is 0 Å². The second-order valence-corrected chi connectivity index (χ2v) is 18.4. The number of carbonyl (C=O) groups excluding carboxylic acids is 1. The van der Waals surface area contributed by atoms with Crippen molar-refractivity contribution in [1.29, 1.82) is 0 Å². The number of aromatic amines is 2. The van der Waals surface area contributed by atoms with Gasteiger partial charge in [0.2, 0.25) is 0 Å². The predicted molar refractivity (Wildman–Crippen MR) is 239 cm³/mol. The number of aryl methyl sites for hydroxylation is 1. The minimum Gasteiger partial charge on any atom is -0.390 e. The molecule has 386 valence electrons. The number of aromatic nitrogens is 4. The number of hydrogen-bond acceptors (Lipinski definition) is 22. The van der Waals surface area contributed by atoms with Gasteiger partial charge in [-0.15, -0.1) is 0 Å². The molecule has 1 aliphatic carbocycles. The van der Waals surface area contributed by atoms with Gasteiger partial charge in [-0.2, -0.15) is 0 Å². The molecule has 4 aliphatic rings. The number of nitrogens with two attached hydrogens (primary N) is 4. The average molecular weight is 994 g/mol. The fourth-order valence-electron chi connectivity index (χ4n) is 8.36. The zero-order chi connectivity index (χ0) is 50.2. The molecule has 3 saturated heterocycles. The van der Waals surface area contributed by atoms with Crippen molar-refractivity contribution < 1.29 is 62.7 Å². The summed E-state index contributed by atoms with van der Waals surface area (Å²) in [5, 5.41) is 48.0. The zero-order valence-corrected chi connectivity index (χ0v) is 39.2. The van der Waals surface area contributed by atoms with Crippen molar-refractivity contribution in [2.75, 3.05) is 45.9 Å². The maximum Gasteiger partial charge on any atom is 0.472 e. The summed E-state index contributed by atoms with van der Waals surface area (Å²) >= 11 is 0. The molecule has 1 saturated carbocycles. The minimum absolute atomic E-state index is 0.0603. The maximum absolute atomic E-state index is 13.6. The van der Waals surface area contributed by atoms with Crippen LogP contribution < -0.4 is 56.1 Å². The lowest BCUT2D eigenvalue weighted by atomic mass is 9.82. The van der Waals surface area contributed by atoms with Crippen LogP contribution in [0.5, 0.6) is 0 Å². The van der Waals surface area contributed by atoms with Crippen LogP contribution in [0.1, 0.15) is 58.1 Å². The number of H-pyrrole nitrogens is 2. The normalized spacial score (nSPS) is 34.9. The Hall–Kier alpha value is -3.62. The van der Waals surface area contributed by atoms with Gasteiger partial charge in [-0.05, 0) is 33.0 Å². The molecule has 17 N–H and O–H groups in total. The lowest BCUT2D eigenvalue weighted by Gasteiger charge is -2.47. The van der Waals surface area contributed by atoms with Gasteiger partial charge in [0.05, 0.1) is 37.0 Å². The van der Waals surface area contributed by atoms with Crippen LogP contribution in [0.3, 0.4) is 0 Å². The number of nitrogens with zero attached hydrogens (tertiary/aromatic N) is 3. The number of amides is 1. The molecule has 28 nitrogen and oxygen atoms in total. The summed E-state index contributed by atoms with van der Waals surface area (Å²) in [6.07, 6.45) is -13.5. The SMILES string of the molecule is CCN(CC)CC.Cc1cn([C@H]2C[C@H](O)[C@@H](COP(=O)(O)O[C@H]3C[C@H](n4ccc(=O)[nH]c4=O)O[C@@H]3C(=O)NCCN[C@H]3[C@@H](O)[C@H](N)C[C@H](N)[C@H]3O[C@H]3O[C@H](CN)[C@@H](O)[C@H](O)[C@H]3N)O2)c(=O)[nH]c1=O. The van der Waals surface area contributed by atoms with Crippen molar-refractivity contribution in [3.63, 3.8) is 0 Å². The van der Waals surface area contributed by atoms with Crippen molar-refractivity contribution in [3.05, 3.63) is 65.7 Å². The highest BCUT2D eigenvalue weighted by molar-refractivity contribution is 7.47. The number of phosphoric ester groups is 1. The molecule has 1 amide bonds. The molecule has 6 rings (SSSR count). The molecule has 0 bridgehead atoms. The van der Waals surface area contributed by atoms with E-state index in [1.54, 1.807) is 0 Å². The van der Waals surface area contributed by atoms with Gasteiger partial charge in [-0.1, -0.05) is 20.8 Å².